The summed E-state index contributed by atoms with van der Waals surface area (Å²) in [4.78, 5) is 0. The van der Waals surface area contributed by atoms with Gasteiger partial charge in [0.1, 0.15) is 5.75 Å². The monoisotopic (exact) mass is 231 g/mol. The van der Waals surface area contributed by atoms with E-state index >= 15 is 0 Å². The van der Waals surface area contributed by atoms with Crippen molar-refractivity contribution in [1.29, 1.82) is 0 Å². The molecule has 0 heterocycles. The predicted molar refractivity (Wildman–Crippen MR) is 69.2 cm³/mol. The van der Waals surface area contributed by atoms with Crippen LogP contribution in [0.4, 0.5) is 0 Å². The van der Waals surface area contributed by atoms with Crippen molar-refractivity contribution < 1.29 is 4.74 Å². The van der Waals surface area contributed by atoms with Gasteiger partial charge in [-0.1, -0.05) is 18.6 Å². The first-order valence-corrected chi connectivity index (χ1v) is 6.66. The summed E-state index contributed by atoms with van der Waals surface area (Å²) in [5, 5.41) is 0. The quantitative estimate of drug-likeness (QED) is 0.864. The van der Waals surface area contributed by atoms with Crippen LogP contribution < -0.4 is 10.5 Å². The van der Waals surface area contributed by atoms with Crippen LogP contribution in [0.25, 0.3) is 0 Å². The molecule has 2 saturated carbocycles. The van der Waals surface area contributed by atoms with Gasteiger partial charge in [0.25, 0.3) is 0 Å². The second-order valence-electron chi connectivity index (χ2n) is 5.54. The highest BCUT2D eigenvalue weighted by atomic mass is 16.5. The first-order chi connectivity index (χ1) is 8.31. The van der Waals surface area contributed by atoms with Crippen molar-refractivity contribution in [2.24, 2.45) is 17.6 Å². The Morgan fingerprint density at radius 1 is 1.41 bits per heavy atom. The second kappa shape index (κ2) is 4.02. The molecular formula is C15H21NO. The molecule has 1 aromatic carbocycles. The molecule has 17 heavy (non-hydrogen) atoms. The van der Waals surface area contributed by atoms with Gasteiger partial charge in [0, 0.05) is 5.41 Å². The van der Waals surface area contributed by atoms with E-state index in [1.165, 1.54) is 31.2 Å². The van der Waals surface area contributed by atoms with Crippen molar-refractivity contribution in [3.63, 3.8) is 0 Å². The Hall–Kier alpha value is -1.02. The maximum atomic E-state index is 5.90. The van der Waals surface area contributed by atoms with Gasteiger partial charge in [-0.3, -0.25) is 0 Å². The summed E-state index contributed by atoms with van der Waals surface area (Å²) in [5.74, 6) is 2.53. The SMILES string of the molecule is COc1cccc(C2(C3CCC3)C[C@H]2CN)c1. The highest BCUT2D eigenvalue weighted by Crippen LogP contribution is 2.63. The lowest BCUT2D eigenvalue weighted by Gasteiger charge is -2.36. The normalized spacial score (nSPS) is 32.0. The van der Waals surface area contributed by atoms with Gasteiger partial charge in [-0.05, 0) is 55.3 Å². The van der Waals surface area contributed by atoms with Gasteiger partial charge >= 0.3 is 0 Å². The molecule has 2 aliphatic rings. The number of methoxy groups -OCH3 is 1. The summed E-state index contributed by atoms with van der Waals surface area (Å²) in [6, 6.07) is 8.61. The van der Waals surface area contributed by atoms with Crippen molar-refractivity contribution >= 4 is 0 Å². The van der Waals surface area contributed by atoms with E-state index in [1.54, 1.807) is 7.11 Å². The third-order valence-electron chi connectivity index (χ3n) is 4.88. The second-order valence-corrected chi connectivity index (χ2v) is 5.54. The van der Waals surface area contributed by atoms with E-state index in [9.17, 15) is 0 Å². The van der Waals surface area contributed by atoms with Crippen LogP contribution in [0.15, 0.2) is 24.3 Å². The maximum Gasteiger partial charge on any atom is 0.119 e. The fourth-order valence-corrected chi connectivity index (χ4v) is 3.57. The predicted octanol–water partition coefficient (Wildman–Crippen LogP) is 2.71. The molecule has 2 aliphatic carbocycles. The molecule has 2 heteroatoms. The molecular weight excluding hydrogens is 210 g/mol. The van der Waals surface area contributed by atoms with Crippen LogP contribution in [0.3, 0.4) is 0 Å². The van der Waals surface area contributed by atoms with E-state index in [-0.39, 0.29) is 0 Å². The highest BCUT2D eigenvalue weighted by Gasteiger charge is 2.59. The van der Waals surface area contributed by atoms with E-state index in [2.05, 4.69) is 18.2 Å². The molecule has 2 N–H and O–H groups in total. The van der Waals surface area contributed by atoms with Crippen LogP contribution >= 0.6 is 0 Å². The van der Waals surface area contributed by atoms with Gasteiger partial charge in [0.15, 0.2) is 0 Å². The number of hydrogen-bond donors (Lipinski definition) is 1. The Bertz CT molecular complexity index is 413. The lowest BCUT2D eigenvalue weighted by atomic mass is 9.69. The number of rotatable bonds is 4. The zero-order valence-corrected chi connectivity index (χ0v) is 10.5. The first-order valence-electron chi connectivity index (χ1n) is 6.66. The highest BCUT2D eigenvalue weighted by molar-refractivity contribution is 5.40. The van der Waals surface area contributed by atoms with E-state index in [0.717, 1.165) is 18.2 Å². The Balaban J connectivity index is 1.93. The summed E-state index contributed by atoms with van der Waals surface area (Å²) in [5.41, 5.74) is 7.75. The van der Waals surface area contributed by atoms with Gasteiger partial charge < -0.3 is 10.5 Å². The zero-order valence-electron chi connectivity index (χ0n) is 10.5. The third-order valence-corrected chi connectivity index (χ3v) is 4.88. The summed E-state index contributed by atoms with van der Waals surface area (Å²) in [6.07, 6.45) is 5.44. The smallest absolute Gasteiger partial charge is 0.119 e. The van der Waals surface area contributed by atoms with Crippen LogP contribution in [0.2, 0.25) is 0 Å². The fraction of sp³-hybridized carbons (Fsp3) is 0.600. The lowest BCUT2D eigenvalue weighted by Crippen LogP contribution is -2.30. The number of ether oxygens (including phenoxy) is 1. The summed E-state index contributed by atoms with van der Waals surface area (Å²) >= 11 is 0. The van der Waals surface area contributed by atoms with Crippen molar-refractivity contribution in [3.05, 3.63) is 29.8 Å². The van der Waals surface area contributed by atoms with Gasteiger partial charge in [-0.25, -0.2) is 0 Å². The molecule has 3 rings (SSSR count). The molecule has 2 nitrogen and oxygen atoms in total. The molecule has 0 bridgehead atoms. The average Bonchev–Trinajstić information content (AvgIpc) is 3.02. The Labute approximate surface area is 103 Å². The van der Waals surface area contributed by atoms with Crippen molar-refractivity contribution in [2.75, 3.05) is 13.7 Å². The molecule has 92 valence electrons. The van der Waals surface area contributed by atoms with Gasteiger partial charge in [0.2, 0.25) is 0 Å². The Morgan fingerprint density at radius 2 is 2.24 bits per heavy atom. The Kier molecular flexibility index (Phi) is 2.62. The molecule has 0 saturated heterocycles. The summed E-state index contributed by atoms with van der Waals surface area (Å²) in [7, 11) is 1.74. The molecule has 1 unspecified atom stereocenters. The van der Waals surface area contributed by atoms with Crippen LogP contribution in [0.5, 0.6) is 5.75 Å². The lowest BCUT2D eigenvalue weighted by molar-refractivity contribution is 0.231. The summed E-state index contributed by atoms with van der Waals surface area (Å²) in [6.45, 7) is 0.827. The zero-order chi connectivity index (χ0) is 11.9. The van der Waals surface area contributed by atoms with Crippen LogP contribution in [0.1, 0.15) is 31.2 Å². The third kappa shape index (κ3) is 1.58. The van der Waals surface area contributed by atoms with E-state index in [4.69, 9.17) is 10.5 Å². The van der Waals surface area contributed by atoms with Gasteiger partial charge in [-0.15, -0.1) is 0 Å². The van der Waals surface area contributed by atoms with Crippen molar-refractivity contribution in [1.82, 2.24) is 0 Å². The van der Waals surface area contributed by atoms with Crippen LogP contribution in [0, 0.1) is 11.8 Å². The van der Waals surface area contributed by atoms with Gasteiger partial charge in [0.05, 0.1) is 7.11 Å². The average molecular weight is 231 g/mol. The molecule has 1 aromatic rings. The fourth-order valence-electron chi connectivity index (χ4n) is 3.57. The molecule has 2 atom stereocenters. The Morgan fingerprint density at radius 3 is 2.76 bits per heavy atom. The van der Waals surface area contributed by atoms with Gasteiger partial charge in [-0.2, -0.15) is 0 Å². The van der Waals surface area contributed by atoms with Crippen molar-refractivity contribution in [2.45, 2.75) is 31.1 Å². The topological polar surface area (TPSA) is 35.2 Å². The number of nitrogens with two attached hydrogens (primary N) is 1. The van der Waals surface area contributed by atoms with Crippen LogP contribution in [-0.4, -0.2) is 13.7 Å². The molecule has 0 aromatic heterocycles. The van der Waals surface area contributed by atoms with E-state index in [1.807, 2.05) is 6.07 Å². The minimum atomic E-state index is 0.390. The number of hydrogen-bond acceptors (Lipinski definition) is 2. The van der Waals surface area contributed by atoms with Crippen molar-refractivity contribution in [3.8, 4) is 5.75 Å². The van der Waals surface area contributed by atoms with E-state index < -0.39 is 0 Å². The number of benzene rings is 1. The molecule has 2 fully saturated rings. The minimum Gasteiger partial charge on any atom is -0.497 e. The minimum absolute atomic E-state index is 0.390. The molecule has 0 aliphatic heterocycles. The summed E-state index contributed by atoms with van der Waals surface area (Å²) < 4.78 is 5.35. The standard InChI is InChI=1S/C15H21NO/c1-17-14-7-3-6-12(8-14)15(9-13(15)10-16)11-4-2-5-11/h3,6-8,11,13H,2,4-5,9-10,16H2,1H3/t13-,15?/m0/s1. The molecule has 0 amide bonds. The molecule has 0 spiro atoms. The first kappa shape index (κ1) is 11.1. The maximum absolute atomic E-state index is 5.90. The largest absolute Gasteiger partial charge is 0.497 e. The van der Waals surface area contributed by atoms with Crippen LogP contribution in [-0.2, 0) is 5.41 Å². The molecule has 0 radical (unpaired) electrons. The van der Waals surface area contributed by atoms with E-state index in [0.29, 0.717) is 11.3 Å².